The molecule has 0 saturated carbocycles. The Balaban J connectivity index is 0.927. The van der Waals surface area contributed by atoms with Gasteiger partial charge >= 0.3 is 0 Å². The third kappa shape index (κ3) is 6.34. The normalized spacial score (nSPS) is 13.7. The van der Waals surface area contributed by atoms with Gasteiger partial charge in [0.2, 0.25) is 0 Å². The summed E-state index contributed by atoms with van der Waals surface area (Å²) in [4.78, 5) is 4.77. The summed E-state index contributed by atoms with van der Waals surface area (Å²) >= 11 is 0. The van der Waals surface area contributed by atoms with Crippen molar-refractivity contribution in [2.45, 2.75) is 25.7 Å². The minimum atomic E-state index is 0.864. The van der Waals surface area contributed by atoms with E-state index in [0.29, 0.717) is 0 Å². The van der Waals surface area contributed by atoms with Crippen molar-refractivity contribution in [2.24, 2.45) is 0 Å². The van der Waals surface area contributed by atoms with Crippen LogP contribution in [0.4, 0.5) is 34.1 Å². The SMILES string of the molecule is C1=CC(c2c3c4cccc5c6ccc(N(c7ccccc7)c7ccc8c9c(oc8c7)C=CCC9)cc6n(c3c(-c3ccccc3)c3c6cccc7c8ccc(N(c9ccccc9)c9ccc%10c(c9)oc9ccccc9%10)cc8n(c23)c76)c54)=CCC1. The van der Waals surface area contributed by atoms with Crippen molar-refractivity contribution in [1.29, 1.82) is 0 Å². The summed E-state index contributed by atoms with van der Waals surface area (Å²) in [6.07, 6.45) is 15.6. The number of anilines is 6. The van der Waals surface area contributed by atoms with Gasteiger partial charge in [-0.25, -0.2) is 0 Å². The van der Waals surface area contributed by atoms with E-state index in [1.807, 2.05) is 6.07 Å². The molecule has 0 amide bonds. The molecule has 0 bridgehead atoms. The van der Waals surface area contributed by atoms with Gasteiger partial charge in [0.1, 0.15) is 22.5 Å². The predicted octanol–water partition coefficient (Wildman–Crippen LogP) is 21.9. The summed E-state index contributed by atoms with van der Waals surface area (Å²) < 4.78 is 18.4. The first-order chi connectivity index (χ1) is 41.7. The Kier molecular flexibility index (Phi) is 9.47. The van der Waals surface area contributed by atoms with Gasteiger partial charge < -0.3 is 27.4 Å². The second kappa shape index (κ2) is 17.4. The van der Waals surface area contributed by atoms with Crippen LogP contribution in [0.15, 0.2) is 258 Å². The highest BCUT2D eigenvalue weighted by atomic mass is 16.3. The quantitative estimate of drug-likeness (QED) is 0.152. The van der Waals surface area contributed by atoms with Gasteiger partial charge in [-0.2, -0.15) is 0 Å². The molecule has 2 aliphatic carbocycles. The average Bonchev–Trinajstić information content (AvgIpc) is 1.54. The molecular formula is C78H50N4O2. The van der Waals surface area contributed by atoms with Crippen LogP contribution in [0.25, 0.3) is 132 Å². The molecule has 0 unspecified atom stereocenters. The van der Waals surface area contributed by atoms with Crippen LogP contribution in [0.5, 0.6) is 0 Å². The van der Waals surface area contributed by atoms with Crippen molar-refractivity contribution < 1.29 is 8.83 Å². The maximum absolute atomic E-state index is 6.60. The number of hydrogen-bond donors (Lipinski definition) is 0. The summed E-state index contributed by atoms with van der Waals surface area (Å²) in [5, 5.41) is 13.4. The lowest BCUT2D eigenvalue weighted by Gasteiger charge is -2.25. The highest BCUT2D eigenvalue weighted by Gasteiger charge is 2.32. The monoisotopic (exact) mass is 1070 g/mol. The number of allylic oxidation sites excluding steroid dienone is 5. The van der Waals surface area contributed by atoms with Crippen molar-refractivity contribution in [1.82, 2.24) is 8.80 Å². The van der Waals surface area contributed by atoms with Crippen molar-refractivity contribution in [2.75, 3.05) is 9.80 Å². The molecule has 0 fully saturated rings. The number of benzene rings is 11. The van der Waals surface area contributed by atoms with Gasteiger partial charge in [0.25, 0.3) is 0 Å². The van der Waals surface area contributed by atoms with Gasteiger partial charge in [0.05, 0.1) is 33.1 Å². The zero-order valence-corrected chi connectivity index (χ0v) is 45.7. The van der Waals surface area contributed by atoms with Gasteiger partial charge in [-0.05, 0) is 122 Å². The lowest BCUT2D eigenvalue weighted by molar-refractivity contribution is 0.595. The van der Waals surface area contributed by atoms with Crippen molar-refractivity contribution >= 4 is 155 Å². The van der Waals surface area contributed by atoms with E-state index in [9.17, 15) is 0 Å². The minimum Gasteiger partial charge on any atom is -0.456 e. The maximum atomic E-state index is 6.60. The maximum Gasteiger partial charge on any atom is 0.137 e. The molecule has 2 aliphatic rings. The summed E-state index contributed by atoms with van der Waals surface area (Å²) in [5.41, 5.74) is 22.5. The lowest BCUT2D eigenvalue weighted by atomic mass is 9.88. The van der Waals surface area contributed by atoms with Crippen molar-refractivity contribution in [3.63, 3.8) is 0 Å². The first kappa shape index (κ1) is 45.9. The van der Waals surface area contributed by atoms with Gasteiger partial charge in [0, 0.05) is 122 Å². The number of aryl methyl sites for hydroxylation is 1. The Hall–Kier alpha value is -10.8. The number of aromatic nitrogens is 2. The number of nitrogens with zero attached hydrogens (tertiary/aromatic N) is 4. The smallest absolute Gasteiger partial charge is 0.137 e. The molecule has 84 heavy (non-hydrogen) atoms. The number of fused-ring (bicyclic) bond motifs is 18. The molecule has 0 aliphatic heterocycles. The van der Waals surface area contributed by atoms with Crippen LogP contribution >= 0.6 is 0 Å². The standard InChI is InChI=1S/C78H50N4O2/c1-5-19-47(20-6-1)71-73-63-31-17-29-61-56-40-36-52(80(50-25-11-4-12-26-50)54-38-42-60-58-28-14-16-34-68(58)84-70(60)46-54)44-66(56)82(75(61)63)78(73)72(48-21-7-2-8-22-48)74-64-32-18-30-62-55-39-35-51(43-65(55)81(76(62)64)77(71)74)79(49-23-9-3-10-24-49)53-37-41-59-57-27-13-15-33-67(57)83-69(59)45-53/h1,3-7,9-12,14-26,28-46H,2,8,13,27H2. The van der Waals surface area contributed by atoms with E-state index < -0.39 is 0 Å². The Morgan fingerprint density at radius 3 is 1.46 bits per heavy atom. The summed E-state index contributed by atoms with van der Waals surface area (Å²) in [7, 11) is 0. The minimum absolute atomic E-state index is 0.864. The number of furan rings is 2. The van der Waals surface area contributed by atoms with Crippen LogP contribution in [-0.4, -0.2) is 8.80 Å². The van der Waals surface area contributed by atoms with Crippen LogP contribution in [0.1, 0.15) is 36.1 Å². The van der Waals surface area contributed by atoms with E-state index in [4.69, 9.17) is 8.83 Å². The molecular weight excluding hydrogens is 1020 g/mol. The van der Waals surface area contributed by atoms with E-state index >= 15 is 0 Å². The van der Waals surface area contributed by atoms with Crippen LogP contribution in [-0.2, 0) is 6.42 Å². The van der Waals surface area contributed by atoms with E-state index in [1.165, 1.54) is 104 Å². The van der Waals surface area contributed by atoms with E-state index in [0.717, 1.165) is 98.6 Å². The van der Waals surface area contributed by atoms with Gasteiger partial charge in [-0.15, -0.1) is 0 Å². The van der Waals surface area contributed by atoms with Gasteiger partial charge in [0.15, 0.2) is 0 Å². The molecule has 394 valence electrons. The number of para-hydroxylation sites is 5. The van der Waals surface area contributed by atoms with E-state index in [1.54, 1.807) is 0 Å². The van der Waals surface area contributed by atoms with Crippen LogP contribution < -0.4 is 9.80 Å². The fraction of sp³-hybridized carbons (Fsp3) is 0.0513. The molecule has 6 aromatic heterocycles. The summed E-state index contributed by atoms with van der Waals surface area (Å²) in [6, 6.07) is 82.6. The first-order valence-corrected chi connectivity index (χ1v) is 29.4. The topological polar surface area (TPSA) is 41.6 Å². The predicted molar refractivity (Wildman–Crippen MR) is 351 cm³/mol. The Morgan fingerprint density at radius 2 is 0.833 bits per heavy atom. The van der Waals surface area contributed by atoms with Crippen LogP contribution in [0.2, 0.25) is 0 Å². The van der Waals surface area contributed by atoms with E-state index in [-0.39, 0.29) is 0 Å². The van der Waals surface area contributed by atoms with Crippen molar-refractivity contribution in [3.8, 4) is 11.1 Å². The molecule has 17 aromatic rings. The molecule has 0 radical (unpaired) electrons. The molecule has 6 nitrogen and oxygen atoms in total. The molecule has 19 rings (SSSR count). The number of rotatable bonds is 8. The first-order valence-electron chi connectivity index (χ1n) is 29.4. The third-order valence-electron chi connectivity index (χ3n) is 18.4. The lowest BCUT2D eigenvalue weighted by Crippen LogP contribution is -2.09. The Morgan fingerprint density at radius 1 is 0.333 bits per heavy atom. The molecule has 0 N–H and O–H groups in total. The zero-order chi connectivity index (χ0) is 54.7. The summed E-state index contributed by atoms with van der Waals surface area (Å²) in [6.45, 7) is 0. The third-order valence-corrected chi connectivity index (χ3v) is 18.4. The number of hydrogen-bond acceptors (Lipinski definition) is 4. The van der Waals surface area contributed by atoms with Crippen LogP contribution in [0.3, 0.4) is 0 Å². The second-order valence-corrected chi connectivity index (χ2v) is 22.9. The molecule has 0 saturated heterocycles. The van der Waals surface area contributed by atoms with Crippen LogP contribution in [0, 0.1) is 0 Å². The zero-order valence-electron chi connectivity index (χ0n) is 45.7. The fourth-order valence-electron chi connectivity index (χ4n) is 14.9. The highest BCUT2D eigenvalue weighted by Crippen LogP contribution is 2.54. The van der Waals surface area contributed by atoms with Gasteiger partial charge in [-0.3, -0.25) is 0 Å². The summed E-state index contributed by atoms with van der Waals surface area (Å²) in [5.74, 6) is 0.975. The van der Waals surface area contributed by atoms with Gasteiger partial charge in [-0.1, -0.05) is 158 Å². The van der Waals surface area contributed by atoms with E-state index in [2.05, 4.69) is 267 Å². The molecule has 6 heteroatoms. The van der Waals surface area contributed by atoms with Crippen molar-refractivity contribution in [3.05, 3.63) is 266 Å². The largest absolute Gasteiger partial charge is 0.456 e. The average molecular weight is 1080 g/mol. The fourth-order valence-corrected chi connectivity index (χ4v) is 14.9. The molecule has 0 atom stereocenters. The highest BCUT2D eigenvalue weighted by molar-refractivity contribution is 6.37. The molecule has 11 aromatic carbocycles. The Bertz CT molecular complexity index is 5680. The molecule has 6 heterocycles. The second-order valence-electron chi connectivity index (χ2n) is 22.9. The Labute approximate surface area is 482 Å². The molecule has 0 spiro atoms.